The quantitative estimate of drug-likeness (QED) is 0.862. The highest BCUT2D eigenvalue weighted by Crippen LogP contribution is 2.29. The Bertz CT molecular complexity index is 499. The normalized spacial score (nSPS) is 22.4. The van der Waals surface area contributed by atoms with Gasteiger partial charge in [-0.25, -0.2) is 0 Å². The summed E-state index contributed by atoms with van der Waals surface area (Å²) >= 11 is 3.44. The van der Waals surface area contributed by atoms with Gasteiger partial charge < -0.3 is 10.6 Å². The maximum atomic E-state index is 12.8. The first-order chi connectivity index (χ1) is 8.81. The van der Waals surface area contributed by atoms with Crippen LogP contribution < -0.4 is 5.73 Å². The van der Waals surface area contributed by atoms with Crippen LogP contribution in [-0.2, 0) is 0 Å². The Hall–Kier alpha value is -0.870. The minimum Gasteiger partial charge on any atom is -0.333 e. The Morgan fingerprint density at radius 1 is 1.47 bits per heavy atom. The molecular formula is C15H21BrN2O. The second-order valence-corrected chi connectivity index (χ2v) is 6.90. The average molecular weight is 325 g/mol. The second kappa shape index (κ2) is 5.25. The summed E-state index contributed by atoms with van der Waals surface area (Å²) in [7, 11) is 0. The predicted molar refractivity (Wildman–Crippen MR) is 81.2 cm³/mol. The Labute approximate surface area is 123 Å². The van der Waals surface area contributed by atoms with E-state index < -0.39 is 0 Å². The van der Waals surface area contributed by atoms with Crippen LogP contribution in [0.2, 0.25) is 0 Å². The molecule has 1 heterocycles. The van der Waals surface area contributed by atoms with Gasteiger partial charge >= 0.3 is 0 Å². The summed E-state index contributed by atoms with van der Waals surface area (Å²) in [5.74, 6) is 0.107. The number of amides is 1. The first kappa shape index (κ1) is 14.5. The number of likely N-dealkylation sites (tertiary alicyclic amines) is 1. The van der Waals surface area contributed by atoms with Crippen LogP contribution in [0, 0.1) is 6.92 Å². The number of benzene rings is 1. The van der Waals surface area contributed by atoms with Crippen molar-refractivity contribution in [2.24, 2.45) is 5.73 Å². The zero-order valence-electron chi connectivity index (χ0n) is 11.7. The van der Waals surface area contributed by atoms with E-state index in [4.69, 9.17) is 5.73 Å². The van der Waals surface area contributed by atoms with Crippen LogP contribution in [0.4, 0.5) is 0 Å². The molecule has 0 spiro atoms. The summed E-state index contributed by atoms with van der Waals surface area (Å²) in [6.07, 6.45) is 1.73. The Morgan fingerprint density at radius 3 is 2.79 bits per heavy atom. The lowest BCUT2D eigenvalue weighted by molar-refractivity contribution is 0.0399. The number of piperidine rings is 1. The highest BCUT2D eigenvalue weighted by molar-refractivity contribution is 9.10. The molecule has 1 amide bonds. The molecule has 1 atom stereocenters. The van der Waals surface area contributed by atoms with Gasteiger partial charge in [0, 0.05) is 28.2 Å². The molecule has 0 bridgehead atoms. The SMILES string of the molecule is Cc1ccc(Br)cc1C(=O)N1CCC(N)CC1(C)C. The standard InChI is InChI=1S/C15H21BrN2O/c1-10-4-5-11(16)8-13(10)14(19)18-7-6-12(17)9-15(18,2)3/h4-5,8,12H,6-7,9,17H2,1-3H3. The molecule has 1 fully saturated rings. The fraction of sp³-hybridized carbons (Fsp3) is 0.533. The van der Waals surface area contributed by atoms with Crippen LogP contribution in [0.25, 0.3) is 0 Å². The molecular weight excluding hydrogens is 304 g/mol. The van der Waals surface area contributed by atoms with Crippen LogP contribution >= 0.6 is 15.9 Å². The minimum atomic E-state index is -0.177. The van der Waals surface area contributed by atoms with Crippen LogP contribution in [0.3, 0.4) is 0 Å². The van der Waals surface area contributed by atoms with Crippen LogP contribution in [-0.4, -0.2) is 28.9 Å². The number of aryl methyl sites for hydroxylation is 1. The number of halogens is 1. The van der Waals surface area contributed by atoms with E-state index in [0.29, 0.717) is 0 Å². The van der Waals surface area contributed by atoms with E-state index in [2.05, 4.69) is 29.8 Å². The van der Waals surface area contributed by atoms with Crippen molar-refractivity contribution in [2.45, 2.75) is 45.2 Å². The van der Waals surface area contributed by atoms with Crippen molar-refractivity contribution < 1.29 is 4.79 Å². The highest BCUT2D eigenvalue weighted by Gasteiger charge is 2.37. The third-order valence-electron chi connectivity index (χ3n) is 3.89. The van der Waals surface area contributed by atoms with Gasteiger partial charge in [0.2, 0.25) is 0 Å². The molecule has 1 aliphatic heterocycles. The minimum absolute atomic E-state index is 0.107. The molecule has 1 unspecified atom stereocenters. The summed E-state index contributed by atoms with van der Waals surface area (Å²) in [6, 6.07) is 6.04. The van der Waals surface area contributed by atoms with Gasteiger partial charge in [0.05, 0.1) is 0 Å². The van der Waals surface area contributed by atoms with E-state index in [1.54, 1.807) is 0 Å². The number of carbonyl (C=O) groups excluding carboxylic acids is 1. The molecule has 0 aromatic heterocycles. The maximum Gasteiger partial charge on any atom is 0.254 e. The Balaban J connectivity index is 2.31. The lowest BCUT2D eigenvalue weighted by atomic mass is 9.86. The van der Waals surface area contributed by atoms with Crippen molar-refractivity contribution in [1.29, 1.82) is 0 Å². The van der Waals surface area contributed by atoms with E-state index in [9.17, 15) is 4.79 Å². The zero-order chi connectivity index (χ0) is 14.2. The summed E-state index contributed by atoms with van der Waals surface area (Å²) in [4.78, 5) is 14.7. The fourth-order valence-corrected chi connectivity index (χ4v) is 3.16. The smallest absolute Gasteiger partial charge is 0.254 e. The van der Waals surface area contributed by atoms with Crippen LogP contribution in [0.15, 0.2) is 22.7 Å². The molecule has 2 rings (SSSR count). The predicted octanol–water partition coefficient (Wildman–Crippen LogP) is 3.10. The van der Waals surface area contributed by atoms with Crippen molar-refractivity contribution >= 4 is 21.8 Å². The third kappa shape index (κ3) is 3.00. The van der Waals surface area contributed by atoms with Crippen LogP contribution in [0.5, 0.6) is 0 Å². The molecule has 1 saturated heterocycles. The number of hydrogen-bond acceptors (Lipinski definition) is 2. The van der Waals surface area contributed by atoms with Gasteiger partial charge in [0.25, 0.3) is 5.91 Å². The number of nitrogens with zero attached hydrogens (tertiary/aromatic N) is 1. The number of nitrogens with two attached hydrogens (primary N) is 1. The third-order valence-corrected chi connectivity index (χ3v) is 4.38. The van der Waals surface area contributed by atoms with Crippen molar-refractivity contribution in [3.05, 3.63) is 33.8 Å². The summed E-state index contributed by atoms with van der Waals surface area (Å²) in [6.45, 7) is 6.90. The van der Waals surface area contributed by atoms with E-state index in [1.165, 1.54) is 0 Å². The number of hydrogen-bond donors (Lipinski definition) is 1. The van der Waals surface area contributed by atoms with Gasteiger partial charge in [-0.1, -0.05) is 22.0 Å². The topological polar surface area (TPSA) is 46.3 Å². The molecule has 0 radical (unpaired) electrons. The largest absolute Gasteiger partial charge is 0.333 e. The molecule has 104 valence electrons. The average Bonchev–Trinajstić information content (AvgIpc) is 2.30. The molecule has 19 heavy (non-hydrogen) atoms. The highest BCUT2D eigenvalue weighted by atomic mass is 79.9. The van der Waals surface area contributed by atoms with Crippen molar-refractivity contribution in [2.75, 3.05) is 6.54 Å². The number of rotatable bonds is 1. The van der Waals surface area contributed by atoms with Gasteiger partial charge in [-0.05, 0) is 51.3 Å². The van der Waals surface area contributed by atoms with Gasteiger partial charge in [-0.3, -0.25) is 4.79 Å². The van der Waals surface area contributed by atoms with Gasteiger partial charge in [-0.15, -0.1) is 0 Å². The summed E-state index contributed by atoms with van der Waals surface area (Å²) in [5.41, 5.74) is 7.63. The molecule has 1 aromatic carbocycles. The van der Waals surface area contributed by atoms with Crippen molar-refractivity contribution in [1.82, 2.24) is 4.90 Å². The second-order valence-electron chi connectivity index (χ2n) is 5.98. The molecule has 0 aliphatic carbocycles. The van der Waals surface area contributed by atoms with Gasteiger partial charge in [-0.2, -0.15) is 0 Å². The molecule has 0 saturated carbocycles. The maximum absolute atomic E-state index is 12.8. The van der Waals surface area contributed by atoms with E-state index in [-0.39, 0.29) is 17.5 Å². The Kier molecular flexibility index (Phi) is 4.02. The molecule has 3 nitrogen and oxygen atoms in total. The molecule has 4 heteroatoms. The lowest BCUT2D eigenvalue weighted by Crippen LogP contribution is -2.55. The zero-order valence-corrected chi connectivity index (χ0v) is 13.3. The van der Waals surface area contributed by atoms with Crippen molar-refractivity contribution in [3.63, 3.8) is 0 Å². The van der Waals surface area contributed by atoms with Crippen molar-refractivity contribution in [3.8, 4) is 0 Å². The van der Waals surface area contributed by atoms with Gasteiger partial charge in [0.15, 0.2) is 0 Å². The van der Waals surface area contributed by atoms with Crippen LogP contribution in [0.1, 0.15) is 42.6 Å². The first-order valence-corrected chi connectivity index (χ1v) is 7.44. The lowest BCUT2D eigenvalue weighted by Gasteiger charge is -2.45. The first-order valence-electron chi connectivity index (χ1n) is 6.65. The van der Waals surface area contributed by atoms with Gasteiger partial charge in [0.1, 0.15) is 0 Å². The molecule has 1 aliphatic rings. The number of carbonyl (C=O) groups is 1. The summed E-state index contributed by atoms with van der Waals surface area (Å²) in [5, 5.41) is 0. The Morgan fingerprint density at radius 2 is 2.16 bits per heavy atom. The fourth-order valence-electron chi connectivity index (χ4n) is 2.80. The summed E-state index contributed by atoms with van der Waals surface area (Å²) < 4.78 is 0.938. The molecule has 2 N–H and O–H groups in total. The van der Waals surface area contributed by atoms with E-state index in [0.717, 1.165) is 35.0 Å². The van der Waals surface area contributed by atoms with E-state index >= 15 is 0 Å². The molecule has 1 aromatic rings. The van der Waals surface area contributed by atoms with E-state index in [1.807, 2.05) is 30.0 Å². The monoisotopic (exact) mass is 324 g/mol.